The molecule has 0 spiro atoms. The van der Waals surface area contributed by atoms with Gasteiger partial charge in [-0.2, -0.15) is 0 Å². The van der Waals surface area contributed by atoms with Gasteiger partial charge < -0.3 is 15.4 Å². The zero-order valence-electron chi connectivity index (χ0n) is 16.1. The van der Waals surface area contributed by atoms with Gasteiger partial charge in [0.1, 0.15) is 0 Å². The average Bonchev–Trinajstić information content (AvgIpc) is 2.71. The van der Waals surface area contributed by atoms with Crippen LogP contribution in [-0.4, -0.2) is 38.0 Å². The van der Waals surface area contributed by atoms with Gasteiger partial charge in [0, 0.05) is 29.4 Å². The Balaban J connectivity index is 0.00000392. The summed E-state index contributed by atoms with van der Waals surface area (Å²) in [5.41, 5.74) is 1.75. The molecule has 1 amide bonds. The number of thioether (sulfide) groups is 1. The van der Waals surface area contributed by atoms with E-state index in [2.05, 4.69) is 37.8 Å². The van der Waals surface area contributed by atoms with E-state index in [1.54, 1.807) is 0 Å². The zero-order chi connectivity index (χ0) is 19.3. The highest BCUT2D eigenvalue weighted by atomic mass is 127. The largest absolute Gasteiger partial charge is 0.453 e. The molecule has 0 aliphatic rings. The normalized spacial score (nSPS) is 10.6. The Morgan fingerprint density at radius 2 is 1.79 bits per heavy atom. The van der Waals surface area contributed by atoms with Crippen LogP contribution in [0.3, 0.4) is 0 Å². The first kappa shape index (κ1) is 24.1. The van der Waals surface area contributed by atoms with E-state index in [1.807, 2.05) is 61.2 Å². The van der Waals surface area contributed by atoms with Gasteiger partial charge in [0.2, 0.25) is 0 Å². The van der Waals surface area contributed by atoms with Gasteiger partial charge in [0.25, 0.3) is 0 Å². The molecule has 28 heavy (non-hydrogen) atoms. The van der Waals surface area contributed by atoms with Gasteiger partial charge in [-0.25, -0.2) is 9.79 Å². The molecule has 0 radical (unpaired) electrons. The summed E-state index contributed by atoms with van der Waals surface area (Å²) in [6.45, 7) is 4.23. The SMILES string of the molecule is CCNC(=NCc1ccc(NC(=O)OC)cc1)NCCSc1ccccc1.I. The Morgan fingerprint density at radius 1 is 1.07 bits per heavy atom. The predicted molar refractivity (Wildman–Crippen MR) is 128 cm³/mol. The number of anilines is 1. The molecule has 0 atom stereocenters. The number of methoxy groups -OCH3 is 1. The first-order chi connectivity index (χ1) is 13.2. The van der Waals surface area contributed by atoms with Gasteiger partial charge in [-0.3, -0.25) is 5.32 Å². The Hall–Kier alpha value is -1.94. The summed E-state index contributed by atoms with van der Waals surface area (Å²) in [6.07, 6.45) is -0.479. The molecule has 0 saturated carbocycles. The number of hydrogen-bond donors (Lipinski definition) is 3. The zero-order valence-corrected chi connectivity index (χ0v) is 19.3. The summed E-state index contributed by atoms with van der Waals surface area (Å²) in [6, 6.07) is 17.9. The fraction of sp³-hybridized carbons (Fsp3) is 0.300. The van der Waals surface area contributed by atoms with Crippen LogP contribution < -0.4 is 16.0 Å². The molecule has 0 aliphatic heterocycles. The van der Waals surface area contributed by atoms with Crippen molar-refractivity contribution in [1.82, 2.24) is 10.6 Å². The van der Waals surface area contributed by atoms with E-state index < -0.39 is 6.09 Å². The van der Waals surface area contributed by atoms with Crippen LogP contribution in [0.15, 0.2) is 64.5 Å². The van der Waals surface area contributed by atoms with Gasteiger partial charge in [-0.05, 0) is 36.8 Å². The lowest BCUT2D eigenvalue weighted by Crippen LogP contribution is -2.38. The minimum atomic E-state index is -0.479. The van der Waals surface area contributed by atoms with Gasteiger partial charge in [-0.15, -0.1) is 35.7 Å². The standard InChI is InChI=1S/C20H26N4O2S.HI/c1-3-21-19(22-13-14-27-18-7-5-4-6-8-18)23-15-16-9-11-17(12-10-16)24-20(25)26-2;/h4-12H,3,13-15H2,1-2H3,(H,24,25)(H2,21,22,23);1H. The van der Waals surface area contributed by atoms with Crippen LogP contribution in [0.4, 0.5) is 10.5 Å². The number of hydrogen-bond acceptors (Lipinski definition) is 4. The lowest BCUT2D eigenvalue weighted by atomic mass is 10.2. The topological polar surface area (TPSA) is 74.8 Å². The van der Waals surface area contributed by atoms with Crippen LogP contribution in [-0.2, 0) is 11.3 Å². The highest BCUT2D eigenvalue weighted by Gasteiger charge is 2.01. The minimum Gasteiger partial charge on any atom is -0.453 e. The Labute approximate surface area is 187 Å². The molecule has 8 heteroatoms. The molecule has 2 aromatic rings. The number of amides is 1. The first-order valence-corrected chi connectivity index (χ1v) is 9.83. The molecule has 0 unspecified atom stereocenters. The molecule has 2 rings (SSSR count). The molecule has 2 aromatic carbocycles. The Morgan fingerprint density at radius 3 is 2.43 bits per heavy atom. The van der Waals surface area contributed by atoms with E-state index in [9.17, 15) is 4.79 Å². The number of ether oxygens (including phenoxy) is 1. The van der Waals surface area contributed by atoms with Crippen molar-refractivity contribution in [2.24, 2.45) is 4.99 Å². The summed E-state index contributed by atoms with van der Waals surface area (Å²) < 4.78 is 4.58. The van der Waals surface area contributed by atoms with Crippen molar-refractivity contribution >= 4 is 53.5 Å². The highest BCUT2D eigenvalue weighted by Crippen LogP contribution is 2.15. The Kier molecular flexibility index (Phi) is 12.1. The summed E-state index contributed by atoms with van der Waals surface area (Å²) in [4.78, 5) is 17.1. The number of rotatable bonds is 8. The molecule has 0 heterocycles. The third-order valence-electron chi connectivity index (χ3n) is 3.56. The van der Waals surface area contributed by atoms with Crippen molar-refractivity contribution in [2.45, 2.75) is 18.4 Å². The van der Waals surface area contributed by atoms with Crippen LogP contribution in [0.25, 0.3) is 0 Å². The van der Waals surface area contributed by atoms with Crippen LogP contribution in [0, 0.1) is 0 Å². The number of aliphatic imine (C=N–C) groups is 1. The number of nitrogens with zero attached hydrogens (tertiary/aromatic N) is 1. The second-order valence-electron chi connectivity index (χ2n) is 5.60. The van der Waals surface area contributed by atoms with E-state index in [0.29, 0.717) is 12.2 Å². The maximum atomic E-state index is 11.2. The summed E-state index contributed by atoms with van der Waals surface area (Å²) >= 11 is 1.81. The van der Waals surface area contributed by atoms with E-state index >= 15 is 0 Å². The van der Waals surface area contributed by atoms with Gasteiger partial charge in [0.05, 0.1) is 13.7 Å². The molecule has 6 nitrogen and oxygen atoms in total. The number of halogens is 1. The van der Waals surface area contributed by atoms with Crippen LogP contribution in [0.2, 0.25) is 0 Å². The molecule has 0 aliphatic carbocycles. The van der Waals surface area contributed by atoms with Crippen molar-refractivity contribution in [1.29, 1.82) is 0 Å². The van der Waals surface area contributed by atoms with Crippen LogP contribution in [0.5, 0.6) is 0 Å². The predicted octanol–water partition coefficient (Wildman–Crippen LogP) is 4.33. The molecule has 152 valence electrons. The van der Waals surface area contributed by atoms with Crippen molar-refractivity contribution in [3.8, 4) is 0 Å². The van der Waals surface area contributed by atoms with E-state index in [1.165, 1.54) is 12.0 Å². The maximum absolute atomic E-state index is 11.2. The molecular weight excluding hydrogens is 487 g/mol. The van der Waals surface area contributed by atoms with Crippen molar-refractivity contribution in [3.63, 3.8) is 0 Å². The smallest absolute Gasteiger partial charge is 0.411 e. The van der Waals surface area contributed by atoms with E-state index in [-0.39, 0.29) is 24.0 Å². The molecular formula is C20H27IN4O2S. The van der Waals surface area contributed by atoms with E-state index in [4.69, 9.17) is 0 Å². The fourth-order valence-corrected chi connectivity index (χ4v) is 3.02. The monoisotopic (exact) mass is 514 g/mol. The van der Waals surface area contributed by atoms with Crippen molar-refractivity contribution < 1.29 is 9.53 Å². The third-order valence-corrected chi connectivity index (χ3v) is 4.57. The third kappa shape index (κ3) is 9.32. The second-order valence-corrected chi connectivity index (χ2v) is 6.77. The highest BCUT2D eigenvalue weighted by molar-refractivity contribution is 14.0. The summed E-state index contributed by atoms with van der Waals surface area (Å²) in [5.74, 6) is 1.76. The minimum absolute atomic E-state index is 0. The van der Waals surface area contributed by atoms with Gasteiger partial charge >= 0.3 is 6.09 Å². The number of carbonyl (C=O) groups excluding carboxylic acids is 1. The van der Waals surface area contributed by atoms with E-state index in [0.717, 1.165) is 30.4 Å². The summed E-state index contributed by atoms with van der Waals surface area (Å²) in [5, 5.41) is 9.23. The first-order valence-electron chi connectivity index (χ1n) is 8.85. The maximum Gasteiger partial charge on any atom is 0.411 e. The lowest BCUT2D eigenvalue weighted by molar-refractivity contribution is 0.187. The quantitative estimate of drug-likeness (QED) is 0.161. The number of guanidine groups is 1. The number of nitrogens with one attached hydrogen (secondary N) is 3. The number of benzene rings is 2. The molecule has 0 fully saturated rings. The molecule has 0 saturated heterocycles. The summed E-state index contributed by atoms with van der Waals surface area (Å²) in [7, 11) is 1.34. The Bertz CT molecular complexity index is 727. The fourth-order valence-electron chi connectivity index (χ4n) is 2.23. The van der Waals surface area contributed by atoms with Crippen LogP contribution in [0.1, 0.15) is 12.5 Å². The second kappa shape index (κ2) is 14.1. The van der Waals surface area contributed by atoms with Gasteiger partial charge in [-0.1, -0.05) is 30.3 Å². The molecule has 0 bridgehead atoms. The van der Waals surface area contributed by atoms with Gasteiger partial charge in [0.15, 0.2) is 5.96 Å². The lowest BCUT2D eigenvalue weighted by Gasteiger charge is -2.11. The number of carbonyl (C=O) groups is 1. The van der Waals surface area contributed by atoms with Crippen LogP contribution >= 0.6 is 35.7 Å². The molecule has 3 N–H and O–H groups in total. The van der Waals surface area contributed by atoms with Crippen molar-refractivity contribution in [2.75, 3.05) is 31.3 Å². The molecule has 0 aromatic heterocycles. The average molecular weight is 514 g/mol. The van der Waals surface area contributed by atoms with Crippen molar-refractivity contribution in [3.05, 3.63) is 60.2 Å².